The highest BCUT2D eigenvalue weighted by molar-refractivity contribution is 7.08. The Labute approximate surface area is 122 Å². The fraction of sp³-hybridized carbons (Fsp3) is 0.571. The van der Waals surface area contributed by atoms with Gasteiger partial charge in [0.15, 0.2) is 0 Å². The van der Waals surface area contributed by atoms with Crippen LogP contribution in [0.1, 0.15) is 29.6 Å². The zero-order valence-corrected chi connectivity index (χ0v) is 12.4. The second kappa shape index (κ2) is 7.40. The molecule has 6 heteroatoms. The van der Waals surface area contributed by atoms with Gasteiger partial charge in [-0.15, -0.1) is 0 Å². The van der Waals surface area contributed by atoms with Crippen LogP contribution in [0, 0.1) is 0 Å². The fourth-order valence-electron chi connectivity index (χ4n) is 2.28. The topological polar surface area (TPSA) is 58.6 Å². The zero-order valence-electron chi connectivity index (χ0n) is 11.6. The molecular formula is C14H20N2O3S. The van der Waals surface area contributed by atoms with E-state index in [9.17, 15) is 9.59 Å². The number of rotatable bonds is 5. The number of carbonyl (C=O) groups is 2. The number of carbonyl (C=O) groups excluding carboxylic acids is 2. The second-order valence-corrected chi connectivity index (χ2v) is 5.61. The van der Waals surface area contributed by atoms with Crippen molar-refractivity contribution in [2.24, 2.45) is 0 Å². The number of hydrogen-bond donors (Lipinski definition) is 1. The van der Waals surface area contributed by atoms with E-state index in [2.05, 4.69) is 5.32 Å². The lowest BCUT2D eigenvalue weighted by Gasteiger charge is -2.31. The average Bonchev–Trinajstić information content (AvgIpc) is 3.01. The van der Waals surface area contributed by atoms with E-state index in [1.165, 1.54) is 11.3 Å². The number of nitrogens with zero attached hydrogens (tertiary/aromatic N) is 1. The molecule has 1 aliphatic rings. The zero-order chi connectivity index (χ0) is 14.4. The minimum Gasteiger partial charge on any atom is -0.381 e. The molecule has 0 atom stereocenters. The molecule has 1 aromatic rings. The summed E-state index contributed by atoms with van der Waals surface area (Å²) in [5.41, 5.74) is 0.656. The number of likely N-dealkylation sites (tertiary alicyclic amines) is 1. The average molecular weight is 296 g/mol. The molecule has 0 aromatic carbocycles. The minimum atomic E-state index is -0.114. The van der Waals surface area contributed by atoms with Crippen molar-refractivity contribution in [2.75, 3.05) is 26.7 Å². The van der Waals surface area contributed by atoms with Crippen LogP contribution in [0.25, 0.3) is 0 Å². The normalized spacial score (nSPS) is 16.1. The molecule has 0 aliphatic carbocycles. The first kappa shape index (κ1) is 15.0. The molecule has 0 bridgehead atoms. The maximum atomic E-state index is 12.0. The first-order valence-electron chi connectivity index (χ1n) is 6.81. The summed E-state index contributed by atoms with van der Waals surface area (Å²) in [7, 11) is 1.71. The largest absolute Gasteiger partial charge is 0.381 e. The lowest BCUT2D eigenvalue weighted by Crippen LogP contribution is -2.41. The number of piperidine rings is 1. The van der Waals surface area contributed by atoms with Gasteiger partial charge in [0, 0.05) is 44.1 Å². The van der Waals surface area contributed by atoms with Crippen LogP contribution in [0.4, 0.5) is 0 Å². The smallest absolute Gasteiger partial charge is 0.252 e. The molecule has 20 heavy (non-hydrogen) atoms. The summed E-state index contributed by atoms with van der Waals surface area (Å²) >= 11 is 1.48. The Hall–Kier alpha value is -1.40. The number of hydrogen-bond acceptors (Lipinski definition) is 4. The van der Waals surface area contributed by atoms with Crippen molar-refractivity contribution < 1.29 is 14.3 Å². The molecule has 0 radical (unpaired) electrons. The first-order valence-corrected chi connectivity index (χ1v) is 7.76. The third-order valence-corrected chi connectivity index (χ3v) is 4.22. The van der Waals surface area contributed by atoms with Crippen molar-refractivity contribution in [1.29, 1.82) is 0 Å². The molecular weight excluding hydrogens is 276 g/mol. The highest BCUT2D eigenvalue weighted by Crippen LogP contribution is 2.13. The van der Waals surface area contributed by atoms with Crippen LogP contribution in [0.5, 0.6) is 0 Å². The van der Waals surface area contributed by atoms with Crippen LogP contribution < -0.4 is 5.32 Å². The van der Waals surface area contributed by atoms with Gasteiger partial charge in [-0.2, -0.15) is 11.3 Å². The van der Waals surface area contributed by atoms with Gasteiger partial charge in [-0.05, 0) is 24.3 Å². The lowest BCUT2D eigenvalue weighted by molar-refractivity contribution is -0.133. The Morgan fingerprint density at radius 1 is 1.45 bits per heavy atom. The summed E-state index contributed by atoms with van der Waals surface area (Å²) in [4.78, 5) is 25.5. The van der Waals surface area contributed by atoms with E-state index in [-0.39, 0.29) is 17.9 Å². The summed E-state index contributed by atoms with van der Waals surface area (Å²) in [5, 5.41) is 6.43. The molecule has 0 unspecified atom stereocenters. The van der Waals surface area contributed by atoms with E-state index in [1.54, 1.807) is 18.6 Å². The highest BCUT2D eigenvalue weighted by Gasteiger charge is 2.22. The highest BCUT2D eigenvalue weighted by atomic mass is 32.1. The molecule has 2 rings (SSSR count). The molecule has 1 N–H and O–H groups in total. The maximum absolute atomic E-state index is 12.0. The quantitative estimate of drug-likeness (QED) is 0.896. The van der Waals surface area contributed by atoms with Gasteiger partial charge in [-0.25, -0.2) is 0 Å². The van der Waals surface area contributed by atoms with Gasteiger partial charge in [-0.3, -0.25) is 9.59 Å². The number of ether oxygens (including phenoxy) is 1. The minimum absolute atomic E-state index is 0.102. The molecule has 1 fully saturated rings. The Morgan fingerprint density at radius 3 is 2.80 bits per heavy atom. The van der Waals surface area contributed by atoms with Gasteiger partial charge >= 0.3 is 0 Å². The molecule has 1 aromatic heterocycles. The van der Waals surface area contributed by atoms with Gasteiger partial charge in [-0.1, -0.05) is 0 Å². The molecule has 2 amide bonds. The SMILES string of the molecule is COC1CCN(C(=O)CCNC(=O)c2ccsc2)CC1. The Kier molecular flexibility index (Phi) is 5.55. The van der Waals surface area contributed by atoms with Crippen molar-refractivity contribution in [1.82, 2.24) is 10.2 Å². The maximum Gasteiger partial charge on any atom is 0.252 e. The van der Waals surface area contributed by atoms with Crippen molar-refractivity contribution in [3.05, 3.63) is 22.4 Å². The van der Waals surface area contributed by atoms with Crippen molar-refractivity contribution in [3.8, 4) is 0 Å². The van der Waals surface area contributed by atoms with Crippen LogP contribution in [0.15, 0.2) is 16.8 Å². The third-order valence-electron chi connectivity index (χ3n) is 3.54. The molecule has 110 valence electrons. The van der Waals surface area contributed by atoms with Crippen molar-refractivity contribution in [2.45, 2.75) is 25.4 Å². The van der Waals surface area contributed by atoms with Crippen LogP contribution in [0.3, 0.4) is 0 Å². The van der Waals surface area contributed by atoms with Gasteiger partial charge in [0.1, 0.15) is 0 Å². The first-order chi connectivity index (χ1) is 9.70. The molecule has 2 heterocycles. The predicted octanol–water partition coefficient (Wildman–Crippen LogP) is 1.51. The van der Waals surface area contributed by atoms with E-state index in [0.29, 0.717) is 18.5 Å². The molecule has 1 aliphatic heterocycles. The van der Waals surface area contributed by atoms with Gasteiger partial charge < -0.3 is 15.0 Å². The predicted molar refractivity (Wildman–Crippen MR) is 77.9 cm³/mol. The van der Waals surface area contributed by atoms with Gasteiger partial charge in [0.25, 0.3) is 5.91 Å². The van der Waals surface area contributed by atoms with E-state index in [1.807, 2.05) is 10.3 Å². The van der Waals surface area contributed by atoms with Crippen molar-refractivity contribution >= 4 is 23.2 Å². The monoisotopic (exact) mass is 296 g/mol. The van der Waals surface area contributed by atoms with Crippen LogP contribution in [-0.2, 0) is 9.53 Å². The second-order valence-electron chi connectivity index (χ2n) is 4.83. The summed E-state index contributed by atoms with van der Waals surface area (Å²) in [5.74, 6) is -0.0117. The van der Waals surface area contributed by atoms with Crippen LogP contribution >= 0.6 is 11.3 Å². The number of amides is 2. The Balaban J connectivity index is 1.67. The van der Waals surface area contributed by atoms with E-state index < -0.39 is 0 Å². The number of methoxy groups -OCH3 is 1. The third kappa shape index (κ3) is 4.05. The van der Waals surface area contributed by atoms with Gasteiger partial charge in [0.2, 0.25) is 5.91 Å². The van der Waals surface area contributed by atoms with Crippen LogP contribution in [0.2, 0.25) is 0 Å². The summed E-state index contributed by atoms with van der Waals surface area (Å²) in [6, 6.07) is 1.78. The Bertz CT molecular complexity index is 439. The molecule has 5 nitrogen and oxygen atoms in total. The van der Waals surface area contributed by atoms with E-state index in [4.69, 9.17) is 4.74 Å². The van der Waals surface area contributed by atoms with Crippen LogP contribution in [-0.4, -0.2) is 49.6 Å². The Morgan fingerprint density at radius 2 is 2.20 bits per heavy atom. The molecule has 1 saturated heterocycles. The lowest BCUT2D eigenvalue weighted by atomic mass is 10.1. The van der Waals surface area contributed by atoms with E-state index in [0.717, 1.165) is 25.9 Å². The summed E-state index contributed by atoms with van der Waals surface area (Å²) in [6.45, 7) is 1.88. The fourth-order valence-corrected chi connectivity index (χ4v) is 2.91. The van der Waals surface area contributed by atoms with Crippen molar-refractivity contribution in [3.63, 3.8) is 0 Å². The molecule has 0 spiro atoms. The number of nitrogens with one attached hydrogen (secondary N) is 1. The number of thiophene rings is 1. The summed E-state index contributed by atoms with van der Waals surface area (Å²) < 4.78 is 5.28. The summed E-state index contributed by atoms with van der Waals surface area (Å²) in [6.07, 6.45) is 2.41. The van der Waals surface area contributed by atoms with Gasteiger partial charge in [0.05, 0.1) is 6.10 Å². The standard InChI is InChI=1S/C14H20N2O3S/c1-19-12-3-7-16(8-4-12)13(17)2-6-15-14(18)11-5-9-20-10-11/h5,9-10,12H,2-4,6-8H2,1H3,(H,15,18). The van der Waals surface area contributed by atoms with E-state index >= 15 is 0 Å². The molecule has 0 saturated carbocycles.